The molecular weight excluding hydrogens is 212 g/mol. The average molecular weight is 223 g/mol. The zero-order chi connectivity index (χ0) is 11.7. The SMILES string of the molecule is Cc1cc(N)n(Cc2ccc(F)cc2F)n1. The molecule has 2 aromatic rings. The summed E-state index contributed by atoms with van der Waals surface area (Å²) in [4.78, 5) is 0. The summed E-state index contributed by atoms with van der Waals surface area (Å²) in [6.07, 6.45) is 0. The first-order valence-corrected chi connectivity index (χ1v) is 4.80. The second-order valence-corrected chi connectivity index (χ2v) is 3.60. The molecule has 5 heteroatoms. The second-order valence-electron chi connectivity index (χ2n) is 3.60. The van der Waals surface area contributed by atoms with E-state index in [2.05, 4.69) is 5.10 Å². The molecule has 3 nitrogen and oxygen atoms in total. The number of rotatable bonds is 2. The third-order valence-electron chi connectivity index (χ3n) is 2.27. The fraction of sp³-hybridized carbons (Fsp3) is 0.182. The lowest BCUT2D eigenvalue weighted by Crippen LogP contribution is -2.07. The zero-order valence-corrected chi connectivity index (χ0v) is 8.74. The summed E-state index contributed by atoms with van der Waals surface area (Å²) >= 11 is 0. The smallest absolute Gasteiger partial charge is 0.131 e. The predicted molar refractivity (Wildman–Crippen MR) is 56.8 cm³/mol. The van der Waals surface area contributed by atoms with Gasteiger partial charge in [-0.2, -0.15) is 5.10 Å². The molecule has 0 saturated carbocycles. The summed E-state index contributed by atoms with van der Waals surface area (Å²) < 4.78 is 27.5. The van der Waals surface area contributed by atoms with Crippen LogP contribution in [0.4, 0.5) is 14.6 Å². The summed E-state index contributed by atoms with van der Waals surface area (Å²) in [7, 11) is 0. The Morgan fingerprint density at radius 1 is 1.31 bits per heavy atom. The van der Waals surface area contributed by atoms with E-state index in [9.17, 15) is 8.78 Å². The molecule has 0 aliphatic rings. The van der Waals surface area contributed by atoms with E-state index in [0.29, 0.717) is 11.4 Å². The standard InChI is InChI=1S/C11H11F2N3/c1-7-4-11(14)16(15-7)6-8-2-3-9(12)5-10(8)13/h2-5H,6,14H2,1H3. The Morgan fingerprint density at radius 2 is 2.06 bits per heavy atom. The third-order valence-corrected chi connectivity index (χ3v) is 2.27. The van der Waals surface area contributed by atoms with Crippen LogP contribution in [0.5, 0.6) is 0 Å². The van der Waals surface area contributed by atoms with Crippen molar-refractivity contribution in [3.8, 4) is 0 Å². The van der Waals surface area contributed by atoms with Crippen LogP contribution in [0.3, 0.4) is 0 Å². The van der Waals surface area contributed by atoms with E-state index >= 15 is 0 Å². The Hall–Kier alpha value is -1.91. The van der Waals surface area contributed by atoms with E-state index in [4.69, 9.17) is 5.73 Å². The first kappa shape index (κ1) is 10.6. The normalized spacial score (nSPS) is 10.7. The van der Waals surface area contributed by atoms with Gasteiger partial charge in [-0.1, -0.05) is 6.07 Å². The van der Waals surface area contributed by atoms with Crippen molar-refractivity contribution in [3.05, 3.63) is 47.2 Å². The van der Waals surface area contributed by atoms with Gasteiger partial charge in [0.1, 0.15) is 17.5 Å². The van der Waals surface area contributed by atoms with Crippen LogP contribution in [0, 0.1) is 18.6 Å². The Labute approximate surface area is 91.5 Å². The molecule has 0 unspecified atom stereocenters. The van der Waals surface area contributed by atoms with Crippen molar-refractivity contribution in [1.29, 1.82) is 0 Å². The number of aromatic nitrogens is 2. The molecule has 2 rings (SSSR count). The number of anilines is 1. The molecule has 0 fully saturated rings. The summed E-state index contributed by atoms with van der Waals surface area (Å²) in [6.45, 7) is 2.00. The average Bonchev–Trinajstić information content (AvgIpc) is 2.50. The molecule has 0 atom stereocenters. The van der Waals surface area contributed by atoms with Gasteiger partial charge < -0.3 is 5.73 Å². The van der Waals surface area contributed by atoms with Crippen LogP contribution in [0.2, 0.25) is 0 Å². The van der Waals surface area contributed by atoms with Crippen LogP contribution in [0.25, 0.3) is 0 Å². The number of nitrogen functional groups attached to an aromatic ring is 1. The maximum Gasteiger partial charge on any atom is 0.131 e. The fourth-order valence-corrected chi connectivity index (χ4v) is 1.50. The topological polar surface area (TPSA) is 43.8 Å². The van der Waals surface area contributed by atoms with E-state index in [1.807, 2.05) is 0 Å². The molecule has 84 valence electrons. The van der Waals surface area contributed by atoms with E-state index in [1.54, 1.807) is 13.0 Å². The van der Waals surface area contributed by atoms with Crippen LogP contribution in [0.1, 0.15) is 11.3 Å². The molecule has 0 aliphatic heterocycles. The Bertz CT molecular complexity index is 520. The quantitative estimate of drug-likeness (QED) is 0.847. The van der Waals surface area contributed by atoms with Gasteiger partial charge in [-0.15, -0.1) is 0 Å². The number of nitrogens with two attached hydrogens (primary N) is 1. The Morgan fingerprint density at radius 3 is 2.62 bits per heavy atom. The van der Waals surface area contributed by atoms with Crippen molar-refractivity contribution in [2.45, 2.75) is 13.5 Å². The molecule has 16 heavy (non-hydrogen) atoms. The molecular formula is C11H11F2N3. The summed E-state index contributed by atoms with van der Waals surface area (Å²) in [6, 6.07) is 5.15. The summed E-state index contributed by atoms with van der Waals surface area (Å²) in [5, 5.41) is 4.10. The maximum absolute atomic E-state index is 13.4. The molecule has 0 saturated heterocycles. The summed E-state index contributed by atoms with van der Waals surface area (Å²) in [5.74, 6) is -0.723. The molecule has 1 aromatic heterocycles. The molecule has 2 N–H and O–H groups in total. The number of benzene rings is 1. The lowest BCUT2D eigenvalue weighted by molar-refractivity contribution is 0.559. The minimum absolute atomic E-state index is 0.200. The van der Waals surface area contributed by atoms with Crippen molar-refractivity contribution in [3.63, 3.8) is 0 Å². The van der Waals surface area contributed by atoms with Crippen molar-refractivity contribution in [2.24, 2.45) is 0 Å². The monoisotopic (exact) mass is 223 g/mol. The van der Waals surface area contributed by atoms with E-state index in [-0.39, 0.29) is 6.54 Å². The molecule has 0 aliphatic carbocycles. The molecule has 1 aromatic carbocycles. The van der Waals surface area contributed by atoms with Gasteiger partial charge in [0.15, 0.2) is 0 Å². The number of aryl methyl sites for hydroxylation is 1. The highest BCUT2D eigenvalue weighted by Crippen LogP contribution is 2.13. The fourth-order valence-electron chi connectivity index (χ4n) is 1.50. The zero-order valence-electron chi connectivity index (χ0n) is 8.74. The lowest BCUT2D eigenvalue weighted by atomic mass is 10.2. The van der Waals surface area contributed by atoms with Crippen LogP contribution in [-0.4, -0.2) is 9.78 Å². The Kier molecular flexibility index (Phi) is 2.60. The molecule has 1 heterocycles. The second kappa shape index (κ2) is 3.92. The van der Waals surface area contributed by atoms with Gasteiger partial charge in [0, 0.05) is 17.7 Å². The largest absolute Gasteiger partial charge is 0.384 e. The lowest BCUT2D eigenvalue weighted by Gasteiger charge is -2.05. The molecule has 0 radical (unpaired) electrons. The highest BCUT2D eigenvalue weighted by Gasteiger charge is 2.07. The molecule has 0 bridgehead atoms. The maximum atomic E-state index is 13.4. The molecule has 0 spiro atoms. The van der Waals surface area contributed by atoms with E-state index < -0.39 is 11.6 Å². The van der Waals surface area contributed by atoms with Gasteiger partial charge in [0.2, 0.25) is 0 Å². The van der Waals surface area contributed by atoms with Crippen LogP contribution >= 0.6 is 0 Å². The highest BCUT2D eigenvalue weighted by molar-refractivity contribution is 5.31. The van der Waals surface area contributed by atoms with Crippen molar-refractivity contribution in [1.82, 2.24) is 9.78 Å². The van der Waals surface area contributed by atoms with Gasteiger partial charge in [0.25, 0.3) is 0 Å². The van der Waals surface area contributed by atoms with Crippen molar-refractivity contribution in [2.75, 3.05) is 5.73 Å². The van der Waals surface area contributed by atoms with Crippen LogP contribution < -0.4 is 5.73 Å². The highest BCUT2D eigenvalue weighted by atomic mass is 19.1. The predicted octanol–water partition coefficient (Wildman–Crippen LogP) is 2.10. The van der Waals surface area contributed by atoms with Gasteiger partial charge >= 0.3 is 0 Å². The van der Waals surface area contributed by atoms with Gasteiger partial charge in [-0.05, 0) is 13.0 Å². The van der Waals surface area contributed by atoms with Gasteiger partial charge in [-0.25, -0.2) is 13.5 Å². The number of hydrogen-bond donors (Lipinski definition) is 1. The number of halogens is 2. The third kappa shape index (κ3) is 2.03. The molecule has 0 amide bonds. The van der Waals surface area contributed by atoms with E-state index in [0.717, 1.165) is 11.8 Å². The summed E-state index contributed by atoms with van der Waals surface area (Å²) in [5.41, 5.74) is 6.79. The van der Waals surface area contributed by atoms with Crippen molar-refractivity contribution < 1.29 is 8.78 Å². The van der Waals surface area contributed by atoms with Crippen LogP contribution in [-0.2, 0) is 6.54 Å². The van der Waals surface area contributed by atoms with Gasteiger partial charge in [-0.3, -0.25) is 0 Å². The Balaban J connectivity index is 2.30. The van der Waals surface area contributed by atoms with Crippen LogP contribution in [0.15, 0.2) is 24.3 Å². The number of nitrogens with zero attached hydrogens (tertiary/aromatic N) is 2. The van der Waals surface area contributed by atoms with E-state index in [1.165, 1.54) is 16.8 Å². The minimum atomic E-state index is -0.592. The number of hydrogen-bond acceptors (Lipinski definition) is 2. The minimum Gasteiger partial charge on any atom is -0.384 e. The first-order valence-electron chi connectivity index (χ1n) is 4.80. The first-order chi connectivity index (χ1) is 7.56. The van der Waals surface area contributed by atoms with Gasteiger partial charge in [0.05, 0.1) is 12.2 Å². The van der Waals surface area contributed by atoms with Crippen molar-refractivity contribution >= 4 is 5.82 Å².